The fourth-order valence-electron chi connectivity index (χ4n) is 0.974. The number of halogens is 3. The van der Waals surface area contributed by atoms with Crippen LogP contribution in [0.15, 0.2) is 0 Å². The number of rotatable bonds is 5. The van der Waals surface area contributed by atoms with Crippen LogP contribution < -0.4 is 11.3 Å². The Morgan fingerprint density at radius 2 is 2.08 bits per heavy atom. The van der Waals surface area contributed by atoms with Crippen LogP contribution >= 0.6 is 0 Å². The van der Waals surface area contributed by atoms with Gasteiger partial charge in [-0.2, -0.15) is 13.2 Å². The van der Waals surface area contributed by atoms with E-state index in [1.54, 1.807) is 0 Å². The standard InChI is InChI=1S/C8H13F3N2/c1-2-3-4-5-7(13-12)6-8(9,10)11/h1,7,13H,3-6,12H2. The summed E-state index contributed by atoms with van der Waals surface area (Å²) in [5.41, 5.74) is 2.13. The lowest BCUT2D eigenvalue weighted by Gasteiger charge is -2.16. The number of hydrogen-bond acceptors (Lipinski definition) is 2. The molecule has 3 N–H and O–H groups in total. The minimum atomic E-state index is -4.17. The lowest BCUT2D eigenvalue weighted by atomic mass is 10.1. The van der Waals surface area contributed by atoms with E-state index in [1.807, 2.05) is 0 Å². The molecule has 1 unspecified atom stereocenters. The fourth-order valence-corrected chi connectivity index (χ4v) is 0.974. The lowest BCUT2D eigenvalue weighted by molar-refractivity contribution is -0.140. The topological polar surface area (TPSA) is 38.0 Å². The van der Waals surface area contributed by atoms with Crippen molar-refractivity contribution >= 4 is 0 Å². The third-order valence-corrected chi connectivity index (χ3v) is 1.59. The summed E-state index contributed by atoms with van der Waals surface area (Å²) in [6, 6.07) is -0.728. The predicted octanol–water partition coefficient (Wildman–Crippen LogP) is 1.57. The molecule has 0 spiro atoms. The zero-order valence-corrected chi connectivity index (χ0v) is 7.19. The first kappa shape index (κ1) is 12.3. The molecule has 0 saturated heterocycles. The average molecular weight is 194 g/mol. The first-order valence-electron chi connectivity index (χ1n) is 3.96. The van der Waals surface area contributed by atoms with E-state index in [1.165, 1.54) is 0 Å². The van der Waals surface area contributed by atoms with Gasteiger partial charge in [-0.1, -0.05) is 0 Å². The van der Waals surface area contributed by atoms with Crippen molar-refractivity contribution in [3.8, 4) is 12.3 Å². The number of hydrogen-bond donors (Lipinski definition) is 2. The molecule has 0 saturated carbocycles. The van der Waals surface area contributed by atoms with Crippen LogP contribution in [0.4, 0.5) is 13.2 Å². The molecule has 0 heterocycles. The van der Waals surface area contributed by atoms with Crippen molar-refractivity contribution in [3.63, 3.8) is 0 Å². The zero-order chi connectivity index (χ0) is 10.3. The second-order valence-electron chi connectivity index (χ2n) is 2.78. The van der Waals surface area contributed by atoms with E-state index in [4.69, 9.17) is 12.3 Å². The van der Waals surface area contributed by atoms with Gasteiger partial charge in [-0.3, -0.25) is 11.3 Å². The second-order valence-corrected chi connectivity index (χ2v) is 2.78. The maximum absolute atomic E-state index is 11.9. The second kappa shape index (κ2) is 5.84. The number of alkyl halides is 3. The van der Waals surface area contributed by atoms with E-state index in [0.29, 0.717) is 19.3 Å². The first-order chi connectivity index (χ1) is 5.99. The number of nitrogens with one attached hydrogen (secondary N) is 1. The Labute approximate surface area is 75.6 Å². The van der Waals surface area contributed by atoms with Crippen LogP contribution in [0.3, 0.4) is 0 Å². The summed E-state index contributed by atoms with van der Waals surface area (Å²) in [5.74, 6) is 7.32. The van der Waals surface area contributed by atoms with Gasteiger partial charge in [0.2, 0.25) is 0 Å². The number of nitrogens with two attached hydrogens (primary N) is 1. The third kappa shape index (κ3) is 7.62. The highest BCUT2D eigenvalue weighted by molar-refractivity contribution is 4.84. The van der Waals surface area contributed by atoms with Crippen molar-refractivity contribution < 1.29 is 13.2 Å². The fraction of sp³-hybridized carbons (Fsp3) is 0.750. The van der Waals surface area contributed by atoms with Crippen molar-refractivity contribution in [1.82, 2.24) is 5.43 Å². The van der Waals surface area contributed by atoms with Crippen molar-refractivity contribution in [1.29, 1.82) is 0 Å². The van der Waals surface area contributed by atoms with Crippen molar-refractivity contribution in [2.75, 3.05) is 0 Å². The summed E-state index contributed by atoms with van der Waals surface area (Å²) in [7, 11) is 0. The number of terminal acetylenes is 1. The highest BCUT2D eigenvalue weighted by atomic mass is 19.4. The van der Waals surface area contributed by atoms with Crippen LogP contribution in [0.25, 0.3) is 0 Å². The third-order valence-electron chi connectivity index (χ3n) is 1.59. The molecule has 0 rings (SSSR count). The molecule has 0 aliphatic carbocycles. The van der Waals surface area contributed by atoms with Gasteiger partial charge >= 0.3 is 6.18 Å². The lowest BCUT2D eigenvalue weighted by Crippen LogP contribution is -2.38. The Hall–Kier alpha value is -0.730. The van der Waals surface area contributed by atoms with Crippen molar-refractivity contribution in [2.45, 2.75) is 37.9 Å². The molecule has 2 nitrogen and oxygen atoms in total. The summed E-state index contributed by atoms with van der Waals surface area (Å²) < 4.78 is 35.6. The minimum Gasteiger partial charge on any atom is -0.271 e. The molecule has 0 aromatic heterocycles. The smallest absolute Gasteiger partial charge is 0.271 e. The Bertz CT molecular complexity index is 171. The van der Waals surface area contributed by atoms with Gasteiger partial charge in [-0.25, -0.2) is 0 Å². The van der Waals surface area contributed by atoms with Gasteiger partial charge in [-0.15, -0.1) is 12.3 Å². The Morgan fingerprint density at radius 1 is 1.46 bits per heavy atom. The Balaban J connectivity index is 3.71. The molecule has 0 aliphatic heterocycles. The van der Waals surface area contributed by atoms with E-state index in [2.05, 4.69) is 11.3 Å². The summed E-state index contributed by atoms with van der Waals surface area (Å²) >= 11 is 0. The van der Waals surface area contributed by atoms with Crippen LogP contribution in [-0.2, 0) is 0 Å². The maximum atomic E-state index is 11.9. The molecule has 0 bridgehead atoms. The van der Waals surface area contributed by atoms with Gasteiger partial charge in [0.05, 0.1) is 6.42 Å². The van der Waals surface area contributed by atoms with Crippen LogP contribution in [0.5, 0.6) is 0 Å². The molecule has 0 aliphatic rings. The Kier molecular flexibility index (Phi) is 5.51. The summed E-state index contributed by atoms with van der Waals surface area (Å²) in [6.07, 6.45) is 1.26. The van der Waals surface area contributed by atoms with Gasteiger partial charge in [0, 0.05) is 12.5 Å². The normalized spacial score (nSPS) is 13.8. The van der Waals surface area contributed by atoms with Crippen molar-refractivity contribution in [3.05, 3.63) is 0 Å². The molecule has 13 heavy (non-hydrogen) atoms. The van der Waals surface area contributed by atoms with E-state index in [0.717, 1.165) is 0 Å². The number of unbranched alkanes of at least 4 members (excludes halogenated alkanes) is 1. The molecule has 5 heteroatoms. The molecule has 0 aromatic carbocycles. The predicted molar refractivity (Wildman–Crippen MR) is 44.5 cm³/mol. The number of hydrazine groups is 1. The van der Waals surface area contributed by atoms with Gasteiger partial charge < -0.3 is 0 Å². The molecular weight excluding hydrogens is 181 g/mol. The highest BCUT2D eigenvalue weighted by Crippen LogP contribution is 2.23. The maximum Gasteiger partial charge on any atom is 0.390 e. The largest absolute Gasteiger partial charge is 0.390 e. The molecule has 0 aromatic rings. The van der Waals surface area contributed by atoms with E-state index in [9.17, 15) is 13.2 Å². The zero-order valence-electron chi connectivity index (χ0n) is 7.19. The van der Waals surface area contributed by atoms with Crippen LogP contribution in [0.1, 0.15) is 25.7 Å². The van der Waals surface area contributed by atoms with E-state index in [-0.39, 0.29) is 0 Å². The molecular formula is C8H13F3N2. The molecule has 0 amide bonds. The van der Waals surface area contributed by atoms with Gasteiger partial charge in [-0.05, 0) is 12.8 Å². The quantitative estimate of drug-likeness (QED) is 0.302. The summed E-state index contributed by atoms with van der Waals surface area (Å²) in [6.45, 7) is 0. The molecule has 0 radical (unpaired) electrons. The molecule has 76 valence electrons. The van der Waals surface area contributed by atoms with E-state index >= 15 is 0 Å². The highest BCUT2D eigenvalue weighted by Gasteiger charge is 2.30. The minimum absolute atomic E-state index is 0.347. The van der Waals surface area contributed by atoms with Crippen molar-refractivity contribution in [2.24, 2.45) is 5.84 Å². The average Bonchev–Trinajstić information content (AvgIpc) is 2.01. The first-order valence-corrected chi connectivity index (χ1v) is 3.96. The summed E-state index contributed by atoms with van der Waals surface area (Å²) in [4.78, 5) is 0. The summed E-state index contributed by atoms with van der Waals surface area (Å²) in [5, 5.41) is 0. The SMILES string of the molecule is C#CCCCC(CC(F)(F)F)NN. The van der Waals surface area contributed by atoms with Gasteiger partial charge in [0.15, 0.2) is 0 Å². The monoisotopic (exact) mass is 194 g/mol. The van der Waals surface area contributed by atoms with Gasteiger partial charge in [0.25, 0.3) is 0 Å². The van der Waals surface area contributed by atoms with E-state index < -0.39 is 18.6 Å². The molecule has 0 fully saturated rings. The van der Waals surface area contributed by atoms with Gasteiger partial charge in [0.1, 0.15) is 0 Å². The van der Waals surface area contributed by atoms with Crippen LogP contribution in [0.2, 0.25) is 0 Å². The Morgan fingerprint density at radius 3 is 2.46 bits per heavy atom. The van der Waals surface area contributed by atoms with Crippen LogP contribution in [-0.4, -0.2) is 12.2 Å². The molecule has 1 atom stereocenters. The van der Waals surface area contributed by atoms with Crippen LogP contribution in [0, 0.1) is 12.3 Å².